The molecule has 1 atom stereocenters. The van der Waals surface area contributed by atoms with Crippen molar-refractivity contribution >= 4 is 5.82 Å². The number of nitrogens with one attached hydrogen (secondary N) is 1. The van der Waals surface area contributed by atoms with Crippen molar-refractivity contribution in [2.24, 2.45) is 0 Å². The molecule has 0 spiro atoms. The molecule has 1 aromatic rings. The summed E-state index contributed by atoms with van der Waals surface area (Å²) in [6, 6.07) is 5.43. The zero-order chi connectivity index (χ0) is 13.2. The van der Waals surface area contributed by atoms with Crippen LogP contribution >= 0.6 is 0 Å². The highest BCUT2D eigenvalue weighted by atomic mass is 15.3. The zero-order valence-electron chi connectivity index (χ0n) is 11.8. The number of anilines is 1. The van der Waals surface area contributed by atoms with Gasteiger partial charge in [0.1, 0.15) is 0 Å². The standard InChI is InChI=1S/C14H23N5/c1-11-10-18(2)7-8-19(11)14-6-5-13(16-17-14)9-15-12-3-4-12/h5-6,11-12,15H,3-4,7-10H2,1-2H3. The minimum Gasteiger partial charge on any atom is -0.350 e. The Morgan fingerprint density at radius 3 is 2.74 bits per heavy atom. The fraction of sp³-hybridized carbons (Fsp3) is 0.714. The van der Waals surface area contributed by atoms with E-state index in [2.05, 4.69) is 51.4 Å². The Labute approximate surface area is 115 Å². The highest BCUT2D eigenvalue weighted by Gasteiger charge is 2.23. The largest absolute Gasteiger partial charge is 0.350 e. The van der Waals surface area contributed by atoms with Crippen LogP contribution in [0, 0.1) is 0 Å². The molecule has 104 valence electrons. The van der Waals surface area contributed by atoms with E-state index in [0.29, 0.717) is 6.04 Å². The Morgan fingerprint density at radius 2 is 2.11 bits per heavy atom. The molecule has 2 aliphatic rings. The van der Waals surface area contributed by atoms with Crippen LogP contribution < -0.4 is 10.2 Å². The molecule has 1 aromatic heterocycles. The summed E-state index contributed by atoms with van der Waals surface area (Å²) in [7, 11) is 2.17. The monoisotopic (exact) mass is 261 g/mol. The first kappa shape index (κ1) is 12.8. The van der Waals surface area contributed by atoms with Crippen molar-refractivity contribution in [1.82, 2.24) is 20.4 Å². The van der Waals surface area contributed by atoms with Crippen LogP contribution in [0.2, 0.25) is 0 Å². The normalized spacial score (nSPS) is 24.7. The minimum absolute atomic E-state index is 0.503. The number of aromatic nitrogens is 2. The van der Waals surface area contributed by atoms with Crippen molar-refractivity contribution in [3.05, 3.63) is 17.8 Å². The summed E-state index contributed by atoms with van der Waals surface area (Å²) < 4.78 is 0. The molecule has 5 nitrogen and oxygen atoms in total. The van der Waals surface area contributed by atoms with E-state index in [1.807, 2.05) is 0 Å². The molecule has 1 aliphatic heterocycles. The van der Waals surface area contributed by atoms with Crippen LogP contribution in [0.25, 0.3) is 0 Å². The molecule has 1 unspecified atom stereocenters. The van der Waals surface area contributed by atoms with Crippen molar-refractivity contribution < 1.29 is 0 Å². The van der Waals surface area contributed by atoms with Gasteiger partial charge < -0.3 is 15.1 Å². The fourth-order valence-electron chi connectivity index (χ4n) is 2.62. The second kappa shape index (κ2) is 5.43. The Balaban J connectivity index is 1.60. The number of hydrogen-bond acceptors (Lipinski definition) is 5. The zero-order valence-corrected chi connectivity index (χ0v) is 11.8. The molecule has 1 saturated carbocycles. The van der Waals surface area contributed by atoms with E-state index >= 15 is 0 Å². The average molecular weight is 261 g/mol. The van der Waals surface area contributed by atoms with Crippen molar-refractivity contribution in [2.75, 3.05) is 31.6 Å². The highest BCUT2D eigenvalue weighted by molar-refractivity contribution is 5.39. The van der Waals surface area contributed by atoms with E-state index in [4.69, 9.17) is 0 Å². The molecule has 1 aliphatic carbocycles. The third-order valence-electron chi connectivity index (χ3n) is 3.98. The van der Waals surface area contributed by atoms with Gasteiger partial charge >= 0.3 is 0 Å². The summed E-state index contributed by atoms with van der Waals surface area (Å²) >= 11 is 0. The molecule has 2 heterocycles. The van der Waals surface area contributed by atoms with Crippen LogP contribution in [0.5, 0.6) is 0 Å². The van der Waals surface area contributed by atoms with Gasteiger partial charge in [0, 0.05) is 38.3 Å². The average Bonchev–Trinajstić information content (AvgIpc) is 3.21. The summed E-state index contributed by atoms with van der Waals surface area (Å²) in [5, 5.41) is 12.2. The maximum atomic E-state index is 4.39. The SMILES string of the molecule is CC1CN(C)CCN1c1ccc(CNC2CC2)nn1. The lowest BCUT2D eigenvalue weighted by Gasteiger charge is -2.38. The Hall–Kier alpha value is -1.20. The van der Waals surface area contributed by atoms with Crippen molar-refractivity contribution in [3.8, 4) is 0 Å². The van der Waals surface area contributed by atoms with Gasteiger partial charge in [-0.2, -0.15) is 5.10 Å². The van der Waals surface area contributed by atoms with Crippen LogP contribution in [-0.2, 0) is 6.54 Å². The third-order valence-corrected chi connectivity index (χ3v) is 3.98. The molecule has 0 aromatic carbocycles. The highest BCUT2D eigenvalue weighted by Crippen LogP contribution is 2.20. The van der Waals surface area contributed by atoms with E-state index < -0.39 is 0 Å². The lowest BCUT2D eigenvalue weighted by atomic mass is 10.2. The minimum atomic E-state index is 0.503. The first-order valence-corrected chi connectivity index (χ1v) is 7.23. The first-order valence-electron chi connectivity index (χ1n) is 7.23. The second-order valence-corrected chi connectivity index (χ2v) is 5.84. The van der Waals surface area contributed by atoms with Crippen LogP contribution in [0.15, 0.2) is 12.1 Å². The summed E-state index contributed by atoms with van der Waals surface area (Å²) in [4.78, 5) is 4.72. The Bertz CT molecular complexity index is 414. The molecule has 3 rings (SSSR count). The smallest absolute Gasteiger partial charge is 0.151 e. The van der Waals surface area contributed by atoms with Crippen molar-refractivity contribution in [2.45, 2.75) is 38.4 Å². The van der Waals surface area contributed by atoms with E-state index in [1.54, 1.807) is 0 Å². The number of nitrogens with zero attached hydrogens (tertiary/aromatic N) is 4. The van der Waals surface area contributed by atoms with E-state index in [9.17, 15) is 0 Å². The van der Waals surface area contributed by atoms with Gasteiger partial charge in [-0.05, 0) is 38.9 Å². The summed E-state index contributed by atoms with van der Waals surface area (Å²) in [5.41, 5.74) is 1.04. The van der Waals surface area contributed by atoms with Gasteiger partial charge in [-0.25, -0.2) is 0 Å². The van der Waals surface area contributed by atoms with Gasteiger partial charge in [-0.1, -0.05) is 0 Å². The summed E-state index contributed by atoms with van der Waals surface area (Å²) in [6.45, 7) is 6.31. The van der Waals surface area contributed by atoms with E-state index in [0.717, 1.165) is 43.7 Å². The quantitative estimate of drug-likeness (QED) is 0.871. The first-order chi connectivity index (χ1) is 9.22. The number of likely N-dealkylation sites (N-methyl/N-ethyl adjacent to an activating group) is 1. The van der Waals surface area contributed by atoms with Gasteiger partial charge in [0.25, 0.3) is 0 Å². The maximum Gasteiger partial charge on any atom is 0.151 e. The van der Waals surface area contributed by atoms with Gasteiger partial charge in [-0.15, -0.1) is 5.10 Å². The molecular formula is C14H23N5. The topological polar surface area (TPSA) is 44.3 Å². The van der Waals surface area contributed by atoms with Crippen molar-refractivity contribution in [1.29, 1.82) is 0 Å². The second-order valence-electron chi connectivity index (χ2n) is 5.84. The number of rotatable bonds is 4. The van der Waals surface area contributed by atoms with Crippen LogP contribution in [-0.4, -0.2) is 53.9 Å². The summed E-state index contributed by atoms with van der Waals surface area (Å²) in [6.07, 6.45) is 2.62. The Morgan fingerprint density at radius 1 is 1.26 bits per heavy atom. The molecule has 1 saturated heterocycles. The van der Waals surface area contributed by atoms with E-state index in [-0.39, 0.29) is 0 Å². The van der Waals surface area contributed by atoms with Crippen LogP contribution in [0.4, 0.5) is 5.82 Å². The van der Waals surface area contributed by atoms with Crippen LogP contribution in [0.1, 0.15) is 25.5 Å². The third kappa shape index (κ3) is 3.22. The Kier molecular flexibility index (Phi) is 3.66. The van der Waals surface area contributed by atoms with Gasteiger partial charge in [-0.3, -0.25) is 0 Å². The molecule has 0 radical (unpaired) electrons. The van der Waals surface area contributed by atoms with Gasteiger partial charge in [0.05, 0.1) is 5.69 Å². The lowest BCUT2D eigenvalue weighted by molar-refractivity contribution is 0.274. The number of piperazine rings is 1. The van der Waals surface area contributed by atoms with Gasteiger partial charge in [0.15, 0.2) is 5.82 Å². The van der Waals surface area contributed by atoms with Gasteiger partial charge in [0.2, 0.25) is 0 Å². The lowest BCUT2D eigenvalue weighted by Crippen LogP contribution is -2.50. The predicted molar refractivity (Wildman–Crippen MR) is 76.2 cm³/mol. The van der Waals surface area contributed by atoms with Crippen molar-refractivity contribution in [3.63, 3.8) is 0 Å². The van der Waals surface area contributed by atoms with Crippen LogP contribution in [0.3, 0.4) is 0 Å². The molecule has 0 bridgehead atoms. The fourth-order valence-corrected chi connectivity index (χ4v) is 2.62. The molecule has 5 heteroatoms. The molecule has 1 N–H and O–H groups in total. The van der Waals surface area contributed by atoms with E-state index in [1.165, 1.54) is 12.8 Å². The summed E-state index contributed by atoms with van der Waals surface area (Å²) in [5.74, 6) is 1.01. The molecule has 0 amide bonds. The molecule has 2 fully saturated rings. The maximum absolute atomic E-state index is 4.39. The number of hydrogen-bond donors (Lipinski definition) is 1. The molecule has 19 heavy (non-hydrogen) atoms. The predicted octanol–water partition coefficient (Wildman–Crippen LogP) is 0.869. The molecular weight excluding hydrogens is 238 g/mol.